The van der Waals surface area contributed by atoms with Crippen LogP contribution in [0.25, 0.3) is 0 Å². The topological polar surface area (TPSA) is 61.8 Å². The van der Waals surface area contributed by atoms with E-state index in [1.807, 2.05) is 4.90 Å². The molecule has 4 atom stereocenters. The highest BCUT2D eigenvalue weighted by Crippen LogP contribution is 2.55. The molecule has 2 saturated heterocycles. The van der Waals surface area contributed by atoms with E-state index >= 15 is 0 Å². The van der Waals surface area contributed by atoms with Gasteiger partial charge in [0.2, 0.25) is 5.91 Å². The van der Waals surface area contributed by atoms with Crippen molar-refractivity contribution < 1.29 is 27.8 Å². The van der Waals surface area contributed by atoms with Gasteiger partial charge in [0.25, 0.3) is 0 Å². The summed E-state index contributed by atoms with van der Waals surface area (Å²) in [6.45, 7) is 3.91. The first-order valence-electron chi connectivity index (χ1n) is 12.7. The van der Waals surface area contributed by atoms with Crippen LogP contribution in [-0.4, -0.2) is 53.9 Å². The van der Waals surface area contributed by atoms with Gasteiger partial charge in [-0.2, -0.15) is 13.2 Å². The lowest BCUT2D eigenvalue weighted by molar-refractivity contribution is -0.137. The van der Waals surface area contributed by atoms with Crippen molar-refractivity contribution >= 4 is 5.91 Å². The minimum absolute atomic E-state index is 0.0199. The van der Waals surface area contributed by atoms with E-state index in [1.54, 1.807) is 0 Å². The Labute approximate surface area is 199 Å². The van der Waals surface area contributed by atoms with Gasteiger partial charge in [0.1, 0.15) is 0 Å². The van der Waals surface area contributed by atoms with Crippen molar-refractivity contribution in [1.29, 1.82) is 0 Å². The van der Waals surface area contributed by atoms with Gasteiger partial charge < -0.3 is 20.1 Å². The number of benzene rings is 1. The molecule has 1 spiro atoms. The van der Waals surface area contributed by atoms with Gasteiger partial charge in [0.15, 0.2) is 0 Å². The van der Waals surface area contributed by atoms with Crippen LogP contribution < -0.4 is 5.32 Å². The van der Waals surface area contributed by atoms with Gasteiger partial charge in [0.05, 0.1) is 11.0 Å². The lowest BCUT2D eigenvalue weighted by atomic mass is 9.73. The Morgan fingerprint density at radius 1 is 1.21 bits per heavy atom. The van der Waals surface area contributed by atoms with Crippen LogP contribution in [0.5, 0.6) is 0 Å². The van der Waals surface area contributed by atoms with E-state index in [2.05, 4.69) is 12.2 Å². The number of aryl methyl sites for hydroxylation is 1. The summed E-state index contributed by atoms with van der Waals surface area (Å²) in [5.74, 6) is 0.281. The lowest BCUT2D eigenvalue weighted by Gasteiger charge is -2.35. The highest BCUT2D eigenvalue weighted by molar-refractivity contribution is 5.87. The number of nitrogens with one attached hydrogen (secondary N) is 1. The molecule has 5 nitrogen and oxygen atoms in total. The molecule has 3 aliphatic heterocycles. The van der Waals surface area contributed by atoms with Crippen molar-refractivity contribution in [2.75, 3.05) is 19.8 Å². The van der Waals surface area contributed by atoms with Crippen molar-refractivity contribution in [2.24, 2.45) is 11.3 Å². The molecule has 1 aliphatic carbocycles. The number of hydrogen-bond acceptors (Lipinski definition) is 4. The number of aliphatic hydroxyl groups is 1. The average molecular weight is 481 g/mol. The Morgan fingerprint density at radius 3 is 2.68 bits per heavy atom. The predicted molar refractivity (Wildman–Crippen MR) is 121 cm³/mol. The van der Waals surface area contributed by atoms with Crippen molar-refractivity contribution in [3.05, 3.63) is 34.4 Å². The number of alkyl halides is 3. The summed E-state index contributed by atoms with van der Waals surface area (Å²) in [6.07, 6.45) is 1.60. The summed E-state index contributed by atoms with van der Waals surface area (Å²) >= 11 is 0. The number of amides is 1. The highest BCUT2D eigenvalue weighted by atomic mass is 19.4. The fraction of sp³-hybridized carbons (Fsp3) is 0.731. The number of halogens is 3. The lowest BCUT2D eigenvalue weighted by Crippen LogP contribution is -2.42. The second-order valence-corrected chi connectivity index (χ2v) is 10.7. The van der Waals surface area contributed by atoms with Gasteiger partial charge in [-0.3, -0.25) is 4.79 Å². The zero-order chi connectivity index (χ0) is 24.1. The molecule has 1 amide bonds. The maximum atomic E-state index is 13.8. The molecule has 1 aromatic rings. The molecule has 3 fully saturated rings. The van der Waals surface area contributed by atoms with E-state index < -0.39 is 17.2 Å². The molecule has 5 rings (SSSR count). The summed E-state index contributed by atoms with van der Waals surface area (Å²) in [7, 11) is 0. The SMILES string of the molecule is CC1C2Cc3c(CCCO)cc(C(F)(F)F)cc3CN2C(=O)[C@]12CC[C@@H](NC1CCOCC1)C2. The number of hydrogen-bond donors (Lipinski definition) is 2. The Balaban J connectivity index is 1.39. The largest absolute Gasteiger partial charge is 0.416 e. The summed E-state index contributed by atoms with van der Waals surface area (Å²) in [6, 6.07) is 3.25. The third-order valence-electron chi connectivity index (χ3n) is 8.90. The molecule has 1 saturated carbocycles. The Kier molecular flexibility index (Phi) is 6.44. The zero-order valence-corrected chi connectivity index (χ0v) is 19.8. The third-order valence-corrected chi connectivity index (χ3v) is 8.90. The first-order valence-corrected chi connectivity index (χ1v) is 12.7. The van der Waals surface area contributed by atoms with E-state index in [0.717, 1.165) is 50.9 Å². The number of rotatable bonds is 5. The van der Waals surface area contributed by atoms with Gasteiger partial charge in [-0.05, 0) is 86.1 Å². The highest BCUT2D eigenvalue weighted by Gasteiger charge is 2.60. The molecule has 0 aromatic heterocycles. The normalized spacial score (nSPS) is 31.9. The van der Waals surface area contributed by atoms with E-state index in [0.29, 0.717) is 42.5 Å². The summed E-state index contributed by atoms with van der Waals surface area (Å²) in [5, 5.41) is 13.0. The first kappa shape index (κ1) is 24.1. The summed E-state index contributed by atoms with van der Waals surface area (Å²) < 4.78 is 46.3. The molecule has 0 bridgehead atoms. The maximum absolute atomic E-state index is 13.8. The Bertz CT molecular complexity index is 931. The van der Waals surface area contributed by atoms with Crippen molar-refractivity contribution in [1.82, 2.24) is 10.2 Å². The average Bonchev–Trinajstić information content (AvgIpc) is 3.32. The zero-order valence-electron chi connectivity index (χ0n) is 19.8. The minimum Gasteiger partial charge on any atom is -0.396 e. The number of aliphatic hydroxyl groups excluding tert-OH is 1. The fourth-order valence-electron chi connectivity index (χ4n) is 7.02. The fourth-order valence-corrected chi connectivity index (χ4v) is 7.02. The summed E-state index contributed by atoms with van der Waals surface area (Å²) in [5.41, 5.74) is 1.16. The number of nitrogens with zero attached hydrogens (tertiary/aromatic N) is 1. The van der Waals surface area contributed by atoms with Crippen LogP contribution in [0.4, 0.5) is 13.2 Å². The molecule has 8 heteroatoms. The molecule has 4 aliphatic rings. The minimum atomic E-state index is -4.43. The van der Waals surface area contributed by atoms with Crippen molar-refractivity contribution in [2.45, 2.75) is 89.1 Å². The number of ether oxygens (including phenoxy) is 1. The van der Waals surface area contributed by atoms with Crippen LogP contribution in [0, 0.1) is 11.3 Å². The first-order chi connectivity index (χ1) is 16.2. The Morgan fingerprint density at radius 2 is 1.97 bits per heavy atom. The van der Waals surface area contributed by atoms with Gasteiger partial charge in [-0.25, -0.2) is 0 Å². The van der Waals surface area contributed by atoms with E-state index in [-0.39, 0.29) is 31.0 Å². The monoisotopic (exact) mass is 480 g/mol. The van der Waals surface area contributed by atoms with Crippen molar-refractivity contribution in [3.63, 3.8) is 0 Å². The molecule has 3 heterocycles. The molecular weight excluding hydrogens is 445 g/mol. The second-order valence-electron chi connectivity index (χ2n) is 10.7. The molecule has 2 N–H and O–H groups in total. The van der Waals surface area contributed by atoms with E-state index in [4.69, 9.17) is 4.74 Å². The van der Waals surface area contributed by atoms with Crippen LogP contribution >= 0.6 is 0 Å². The van der Waals surface area contributed by atoms with Crippen LogP contribution in [0.3, 0.4) is 0 Å². The molecule has 0 radical (unpaired) electrons. The van der Waals surface area contributed by atoms with Gasteiger partial charge in [-0.15, -0.1) is 0 Å². The van der Waals surface area contributed by atoms with Gasteiger partial charge in [0, 0.05) is 44.5 Å². The van der Waals surface area contributed by atoms with E-state index in [1.165, 1.54) is 12.1 Å². The van der Waals surface area contributed by atoms with Crippen LogP contribution in [-0.2, 0) is 35.1 Å². The molecular formula is C26H35F3N2O3. The molecule has 1 aromatic carbocycles. The maximum Gasteiger partial charge on any atom is 0.416 e. The summed E-state index contributed by atoms with van der Waals surface area (Å²) in [4.78, 5) is 15.7. The standard InChI is InChI=1S/C26H35F3N2O3/c1-16-23-13-22-17(3-2-8-32)11-19(26(27,28)29)12-18(22)15-31(23)24(33)25(16)7-4-21(14-25)30-20-5-9-34-10-6-20/h11-12,16,20-21,23,30,32H,2-10,13-15H2,1H3/t16?,21-,23?,25+/m1/s1. The van der Waals surface area contributed by atoms with Crippen LogP contribution in [0.1, 0.15) is 67.7 Å². The third kappa shape index (κ3) is 4.16. The van der Waals surface area contributed by atoms with Crippen LogP contribution in [0.15, 0.2) is 12.1 Å². The predicted octanol–water partition coefficient (Wildman–Crippen LogP) is 3.84. The molecule has 2 unspecified atom stereocenters. The second kappa shape index (κ2) is 9.10. The van der Waals surface area contributed by atoms with Gasteiger partial charge >= 0.3 is 6.18 Å². The number of fused-ring (bicyclic) bond motifs is 2. The molecule has 34 heavy (non-hydrogen) atoms. The van der Waals surface area contributed by atoms with Crippen molar-refractivity contribution in [3.8, 4) is 0 Å². The van der Waals surface area contributed by atoms with Gasteiger partial charge in [-0.1, -0.05) is 6.92 Å². The van der Waals surface area contributed by atoms with Crippen LogP contribution in [0.2, 0.25) is 0 Å². The molecule has 188 valence electrons. The van der Waals surface area contributed by atoms with E-state index in [9.17, 15) is 23.1 Å². The quantitative estimate of drug-likeness (QED) is 0.672. The number of carbonyl (C=O) groups excluding carboxylic acids is 1. The number of carbonyl (C=O) groups is 1. The Hall–Kier alpha value is -1.64. The smallest absolute Gasteiger partial charge is 0.396 e.